The number of aromatic nitrogens is 1. The molecular formula is C26H31FN2O4. The summed E-state index contributed by atoms with van der Waals surface area (Å²) in [7, 11) is 1.51. The van der Waals surface area contributed by atoms with Gasteiger partial charge in [0.2, 0.25) is 0 Å². The maximum absolute atomic E-state index is 14.6. The second-order valence-electron chi connectivity index (χ2n) is 8.10. The molecule has 2 aromatic rings. The second-order valence-corrected chi connectivity index (χ2v) is 8.10. The number of cyclic esters (lactones) is 1. The topological polar surface area (TPSA) is 77.5 Å². The number of carbonyl (C=O) groups excluding carboxylic acids is 2. The molecule has 0 bridgehead atoms. The molecule has 1 aromatic carbocycles. The van der Waals surface area contributed by atoms with Crippen LogP contribution in [0.1, 0.15) is 61.1 Å². The van der Waals surface area contributed by atoms with E-state index in [9.17, 15) is 14.0 Å². The molecule has 0 unspecified atom stereocenters. The van der Waals surface area contributed by atoms with Crippen molar-refractivity contribution in [2.24, 2.45) is 0 Å². The molecule has 0 spiro atoms. The molecular weight excluding hydrogens is 423 g/mol. The molecule has 1 aromatic heterocycles. The van der Waals surface area contributed by atoms with Gasteiger partial charge in [-0.1, -0.05) is 20.8 Å². The average Bonchev–Trinajstić information content (AvgIpc) is 2.79. The largest absolute Gasteiger partial charge is 0.457 e. The quantitative estimate of drug-likeness (QED) is 0.539. The Morgan fingerprint density at radius 1 is 1.27 bits per heavy atom. The zero-order valence-electron chi connectivity index (χ0n) is 20.1. The van der Waals surface area contributed by atoms with Crippen LogP contribution in [-0.4, -0.2) is 37.2 Å². The number of ether oxygens (including phenoxy) is 2. The van der Waals surface area contributed by atoms with E-state index in [0.717, 1.165) is 34.9 Å². The third-order valence-electron chi connectivity index (χ3n) is 6.14. The highest BCUT2D eigenvalue weighted by molar-refractivity contribution is 6.04. The minimum atomic E-state index is -0.586. The van der Waals surface area contributed by atoms with Gasteiger partial charge in [-0.05, 0) is 60.9 Å². The molecule has 0 fully saturated rings. The van der Waals surface area contributed by atoms with Crippen LogP contribution in [0.2, 0.25) is 0 Å². The number of methoxy groups -OCH3 is 1. The zero-order valence-corrected chi connectivity index (χ0v) is 20.1. The number of carbonyl (C=O) groups is 2. The number of nitrogens with zero attached hydrogens (tertiary/aromatic N) is 1. The first-order valence-corrected chi connectivity index (χ1v) is 11.3. The Morgan fingerprint density at radius 2 is 2.00 bits per heavy atom. The molecule has 1 aliphatic heterocycles. The van der Waals surface area contributed by atoms with Gasteiger partial charge < -0.3 is 14.8 Å². The number of halogens is 1. The highest BCUT2D eigenvalue weighted by atomic mass is 19.1. The molecule has 2 heterocycles. The molecule has 176 valence electrons. The van der Waals surface area contributed by atoms with Crippen molar-refractivity contribution in [2.45, 2.75) is 53.4 Å². The van der Waals surface area contributed by atoms with Gasteiger partial charge in [-0.2, -0.15) is 0 Å². The van der Waals surface area contributed by atoms with Crippen molar-refractivity contribution in [1.29, 1.82) is 0 Å². The lowest BCUT2D eigenvalue weighted by Crippen LogP contribution is -2.30. The monoisotopic (exact) mass is 454 g/mol. The number of benzene rings is 1. The summed E-state index contributed by atoms with van der Waals surface area (Å²) in [5.74, 6) is -1.03. The van der Waals surface area contributed by atoms with Crippen LogP contribution in [0.4, 0.5) is 4.39 Å². The molecule has 33 heavy (non-hydrogen) atoms. The Labute approximate surface area is 193 Å². The third kappa shape index (κ3) is 4.69. The lowest BCUT2D eigenvalue weighted by molar-refractivity contribution is -0.137. The third-order valence-corrected chi connectivity index (χ3v) is 6.14. The van der Waals surface area contributed by atoms with Gasteiger partial charge in [-0.3, -0.25) is 4.79 Å². The smallest absolute Gasteiger partial charge is 0.333 e. The van der Waals surface area contributed by atoms with Crippen molar-refractivity contribution >= 4 is 28.5 Å². The van der Waals surface area contributed by atoms with Gasteiger partial charge in [0.25, 0.3) is 5.91 Å². The molecule has 1 atom stereocenters. The highest BCUT2D eigenvalue weighted by Gasteiger charge is 2.28. The van der Waals surface area contributed by atoms with E-state index < -0.39 is 11.9 Å². The van der Waals surface area contributed by atoms with Crippen molar-refractivity contribution in [1.82, 2.24) is 10.3 Å². The Kier molecular flexibility index (Phi) is 7.64. The second kappa shape index (κ2) is 10.3. The van der Waals surface area contributed by atoms with Crippen LogP contribution in [0.5, 0.6) is 0 Å². The summed E-state index contributed by atoms with van der Waals surface area (Å²) in [6.45, 7) is 9.95. The number of amides is 1. The molecule has 1 aliphatic carbocycles. The standard InChI is InChI=1S/C24H25FN2O4.C2H6/c1-12-5-6-16-13(2)17(25)9-18-22(16)21(12)14(3)23(26-18)19-10-20(28)31-11-15(7-8-30-4)24(29)27-19;1-2/h7,9-10,12H,5-6,8,11H2,1-4H3,(H,27,29);1-2H3/b15-7+,19-10-;/t12-;/m0./s1. The van der Waals surface area contributed by atoms with Crippen LogP contribution < -0.4 is 5.32 Å². The van der Waals surface area contributed by atoms with Crippen LogP contribution in [0.3, 0.4) is 0 Å². The number of nitrogens with one attached hydrogen (secondary N) is 1. The minimum Gasteiger partial charge on any atom is -0.457 e. The highest BCUT2D eigenvalue weighted by Crippen LogP contribution is 2.41. The maximum atomic E-state index is 14.6. The van der Waals surface area contributed by atoms with Crippen molar-refractivity contribution in [3.63, 3.8) is 0 Å². The lowest BCUT2D eigenvalue weighted by atomic mass is 9.79. The SMILES string of the molecule is CC.COC/C=C1\COC(=O)/C=C(/c2nc3cc(F)c(C)c4c3c(c2C)[C@@H](C)CC4)NC1=O. The predicted molar refractivity (Wildman–Crippen MR) is 126 cm³/mol. The molecule has 0 saturated carbocycles. The molecule has 7 heteroatoms. The molecule has 0 saturated heterocycles. The minimum absolute atomic E-state index is 0.141. The zero-order chi connectivity index (χ0) is 24.3. The number of pyridine rings is 1. The number of hydrogen-bond donors (Lipinski definition) is 1. The maximum Gasteiger partial charge on any atom is 0.333 e. The molecule has 0 radical (unpaired) electrons. The van der Waals surface area contributed by atoms with E-state index in [2.05, 4.69) is 12.2 Å². The fourth-order valence-corrected chi connectivity index (χ4v) is 4.47. The first-order chi connectivity index (χ1) is 15.8. The predicted octanol–water partition coefficient (Wildman–Crippen LogP) is 4.65. The van der Waals surface area contributed by atoms with Crippen LogP contribution in [0.15, 0.2) is 23.8 Å². The molecule has 2 aliphatic rings. The van der Waals surface area contributed by atoms with Crippen molar-refractivity contribution in [3.8, 4) is 0 Å². The van der Waals surface area contributed by atoms with Gasteiger partial charge in [0.15, 0.2) is 0 Å². The van der Waals surface area contributed by atoms with Crippen molar-refractivity contribution < 1.29 is 23.5 Å². The van der Waals surface area contributed by atoms with Crippen LogP contribution in [-0.2, 0) is 25.5 Å². The van der Waals surface area contributed by atoms with E-state index in [1.807, 2.05) is 20.8 Å². The van der Waals surface area contributed by atoms with Crippen LogP contribution in [0, 0.1) is 19.7 Å². The Balaban J connectivity index is 0.00000149. The Morgan fingerprint density at radius 3 is 2.70 bits per heavy atom. The van der Waals surface area contributed by atoms with Crippen LogP contribution in [0.25, 0.3) is 16.6 Å². The number of rotatable bonds is 3. The fraction of sp³-hybridized carbons (Fsp3) is 0.423. The first-order valence-electron chi connectivity index (χ1n) is 11.3. The summed E-state index contributed by atoms with van der Waals surface area (Å²) in [4.78, 5) is 29.8. The normalized spacial score (nSPS) is 20.8. The van der Waals surface area contributed by atoms with E-state index in [1.54, 1.807) is 13.0 Å². The number of hydrogen-bond acceptors (Lipinski definition) is 5. The summed E-state index contributed by atoms with van der Waals surface area (Å²) in [6, 6.07) is 1.44. The van der Waals surface area contributed by atoms with Crippen molar-refractivity contribution in [2.75, 3.05) is 20.3 Å². The summed E-state index contributed by atoms with van der Waals surface area (Å²) < 4.78 is 24.8. The van der Waals surface area contributed by atoms with E-state index in [4.69, 9.17) is 14.5 Å². The van der Waals surface area contributed by atoms with Crippen LogP contribution >= 0.6 is 0 Å². The van der Waals surface area contributed by atoms with Gasteiger partial charge in [0.1, 0.15) is 12.4 Å². The average molecular weight is 455 g/mol. The van der Waals surface area contributed by atoms with E-state index in [1.165, 1.54) is 19.3 Å². The van der Waals surface area contributed by atoms with Gasteiger partial charge in [0.05, 0.1) is 29.1 Å². The van der Waals surface area contributed by atoms with E-state index >= 15 is 0 Å². The lowest BCUT2D eigenvalue weighted by Gasteiger charge is -2.28. The Hall–Kier alpha value is -3.06. The van der Waals surface area contributed by atoms with Gasteiger partial charge >= 0.3 is 5.97 Å². The molecule has 1 amide bonds. The van der Waals surface area contributed by atoms with Crippen molar-refractivity contribution in [3.05, 3.63) is 57.6 Å². The molecule has 6 nitrogen and oxygen atoms in total. The van der Waals surface area contributed by atoms with Gasteiger partial charge in [-0.25, -0.2) is 14.2 Å². The molecule has 4 rings (SSSR count). The van der Waals surface area contributed by atoms with Gasteiger partial charge in [0, 0.05) is 24.6 Å². The summed E-state index contributed by atoms with van der Waals surface area (Å²) in [5.41, 5.74) is 5.12. The first kappa shape index (κ1) is 24.6. The number of aryl methyl sites for hydroxylation is 1. The van der Waals surface area contributed by atoms with E-state index in [-0.39, 0.29) is 36.2 Å². The van der Waals surface area contributed by atoms with E-state index in [0.29, 0.717) is 16.8 Å². The fourth-order valence-electron chi connectivity index (χ4n) is 4.47. The number of esters is 1. The summed E-state index contributed by atoms with van der Waals surface area (Å²) in [5, 5.41) is 3.78. The van der Waals surface area contributed by atoms with Gasteiger partial charge in [-0.15, -0.1) is 0 Å². The molecule has 1 N–H and O–H groups in total. The Bertz CT molecular complexity index is 1170. The summed E-state index contributed by atoms with van der Waals surface area (Å²) in [6.07, 6.45) is 4.50. The summed E-state index contributed by atoms with van der Waals surface area (Å²) >= 11 is 0.